The average molecular weight is 1050 g/mol. The molecule has 76 heavy (non-hydrogen) atoms. The van der Waals surface area contributed by atoms with Crippen LogP contribution in [0.5, 0.6) is 0 Å². The number of methoxy groups -OCH3 is 1. The van der Waals surface area contributed by atoms with E-state index in [1.807, 2.05) is 24.3 Å². The first-order valence-electron chi connectivity index (χ1n) is 24.6. The lowest BCUT2D eigenvalue weighted by Crippen LogP contribution is -2.82. The zero-order valence-corrected chi connectivity index (χ0v) is 42.8. The second kappa shape index (κ2) is 21.5. The van der Waals surface area contributed by atoms with E-state index >= 15 is 4.79 Å². The lowest BCUT2D eigenvalue weighted by atomic mass is 9.44. The van der Waals surface area contributed by atoms with Gasteiger partial charge in [0.1, 0.15) is 23.9 Å². The van der Waals surface area contributed by atoms with Crippen molar-refractivity contribution in [2.75, 3.05) is 19.0 Å². The van der Waals surface area contributed by atoms with Gasteiger partial charge in [-0.3, -0.25) is 24.5 Å². The standard InChI is InChI=1S/C47H51NO14.C9H9N3O2/c1-25-31(60-43(56)36(52)35(28-16-10-7-11-17-28)48-41(54)29-18-12-8-13-19-29)23-47(57)40(61-42(55)30-20-14-9-15-21-30)38-45(6,32(51)22-33-46(38,24-58-33)62-27(3)50)39(53)37(59-26(2)49)34(25)44(47,4)5;1-14-9(13)12-8-10-6-4-2-3-5-7(6)11-8/h7-21,31-33,35-38,40,51-52,57H,22-24H2,1-6H3,(H,48,54);2-5H,1H3,(H2,10,11,12,13)/t31-,32-,33+,35-,36+,37+,38-,40-,45+,46-,47+;/m0./s1. The number of aromatic nitrogens is 2. The van der Waals surface area contributed by atoms with Gasteiger partial charge < -0.3 is 54.0 Å². The van der Waals surface area contributed by atoms with E-state index in [1.54, 1.807) is 92.7 Å². The Labute approximate surface area is 437 Å². The van der Waals surface area contributed by atoms with Crippen LogP contribution in [-0.4, -0.2) is 128 Å². The van der Waals surface area contributed by atoms with Crippen LogP contribution in [0.4, 0.5) is 10.7 Å². The minimum Gasteiger partial charge on any atom is -0.456 e. The van der Waals surface area contributed by atoms with Crippen LogP contribution in [0.15, 0.2) is 126 Å². The highest BCUT2D eigenvalue weighted by molar-refractivity contribution is 5.96. The number of esters is 4. The number of ether oxygens (including phenoxy) is 6. The number of H-pyrrole nitrogens is 1. The van der Waals surface area contributed by atoms with Gasteiger partial charge in [0.2, 0.25) is 5.95 Å². The van der Waals surface area contributed by atoms with Gasteiger partial charge in [-0.2, -0.15) is 0 Å². The summed E-state index contributed by atoms with van der Waals surface area (Å²) in [7, 11) is 1.30. The van der Waals surface area contributed by atoms with Crippen LogP contribution >= 0.6 is 0 Å². The van der Waals surface area contributed by atoms with Gasteiger partial charge in [0.25, 0.3) is 5.91 Å². The Bertz CT molecular complexity index is 3020. The Morgan fingerprint density at radius 1 is 0.816 bits per heavy atom. The molecule has 2 saturated carbocycles. The van der Waals surface area contributed by atoms with Crippen LogP contribution in [0.25, 0.3) is 11.0 Å². The summed E-state index contributed by atoms with van der Waals surface area (Å²) in [6, 6.07) is 30.4. The fraction of sp³-hybridized carbons (Fsp3) is 0.393. The predicted molar refractivity (Wildman–Crippen MR) is 270 cm³/mol. The third kappa shape index (κ3) is 9.95. The first kappa shape index (κ1) is 54.5. The molecule has 2 bridgehead atoms. The van der Waals surface area contributed by atoms with Gasteiger partial charge in [0.15, 0.2) is 23.6 Å². The Morgan fingerprint density at radius 2 is 1.42 bits per heavy atom. The third-order valence-electron chi connectivity index (χ3n) is 15.3. The summed E-state index contributed by atoms with van der Waals surface area (Å²) in [5.74, 6) is -6.45. The molecule has 0 radical (unpaired) electrons. The van der Waals surface area contributed by atoms with Crippen LogP contribution in [0, 0.1) is 16.7 Å². The molecule has 9 rings (SSSR count). The number of imidazole rings is 1. The Balaban J connectivity index is 0.000000470. The molecule has 400 valence electrons. The number of fused-ring (bicyclic) bond motifs is 6. The van der Waals surface area contributed by atoms with Crippen LogP contribution in [0.1, 0.15) is 86.7 Å². The summed E-state index contributed by atoms with van der Waals surface area (Å²) in [6.07, 6.45) is -11.0. The van der Waals surface area contributed by atoms with Gasteiger partial charge in [-0.05, 0) is 67.0 Å². The molecule has 20 heteroatoms. The number of nitrogens with one attached hydrogen (secondary N) is 3. The summed E-state index contributed by atoms with van der Waals surface area (Å²) >= 11 is 0. The van der Waals surface area contributed by atoms with E-state index in [0.717, 1.165) is 24.9 Å². The molecule has 5 aromatic rings. The molecule has 3 aliphatic carbocycles. The molecular weight excluding hydrogens is 985 g/mol. The number of aromatic amines is 1. The summed E-state index contributed by atoms with van der Waals surface area (Å²) in [5, 5.41) is 42.7. The Kier molecular flexibility index (Phi) is 15.4. The highest BCUT2D eigenvalue weighted by atomic mass is 16.6. The number of carbonyl (C=O) groups is 7. The number of amides is 2. The van der Waals surface area contributed by atoms with E-state index in [4.69, 9.17) is 23.7 Å². The molecule has 0 unspecified atom stereocenters. The topological polar surface area (TPSA) is 288 Å². The van der Waals surface area contributed by atoms with Crippen molar-refractivity contribution in [1.29, 1.82) is 0 Å². The van der Waals surface area contributed by atoms with Gasteiger partial charge >= 0.3 is 30.0 Å². The van der Waals surface area contributed by atoms with E-state index in [-0.39, 0.29) is 35.3 Å². The molecule has 1 saturated heterocycles. The molecule has 1 aliphatic heterocycles. The van der Waals surface area contributed by atoms with E-state index in [2.05, 4.69) is 25.3 Å². The van der Waals surface area contributed by atoms with Crippen molar-refractivity contribution >= 4 is 58.6 Å². The van der Waals surface area contributed by atoms with Crippen molar-refractivity contribution in [2.24, 2.45) is 16.7 Å². The maximum absolute atomic E-state index is 15.5. The Morgan fingerprint density at radius 3 is 2.00 bits per heavy atom. The number of ketones is 1. The zero-order chi connectivity index (χ0) is 54.9. The van der Waals surface area contributed by atoms with Gasteiger partial charge in [-0.25, -0.2) is 19.4 Å². The molecule has 2 amide bonds. The number of benzene rings is 4. The van der Waals surface area contributed by atoms with Crippen LogP contribution < -0.4 is 10.6 Å². The largest absolute Gasteiger partial charge is 0.456 e. The van der Waals surface area contributed by atoms with E-state index in [1.165, 1.54) is 33.1 Å². The zero-order valence-electron chi connectivity index (χ0n) is 42.8. The van der Waals surface area contributed by atoms with Crippen molar-refractivity contribution in [3.05, 3.63) is 143 Å². The van der Waals surface area contributed by atoms with Crippen LogP contribution in [0.2, 0.25) is 0 Å². The summed E-state index contributed by atoms with van der Waals surface area (Å²) in [4.78, 5) is 101. The number of nitrogens with zero attached hydrogens (tertiary/aromatic N) is 1. The first-order chi connectivity index (χ1) is 36.1. The SMILES string of the molecule is CC(=O)O[C@H]1C(=O)[C@@]2(C)[C@H]([C@H](OC(=O)c3ccccc3)[C@]3(O)C[C@H](OC(=O)[C@H](O)[C@@H](NC(=O)c4ccccc4)c4ccccc4)C(C)=C1C3(C)C)[C@]1(OC(C)=O)CO[C@@H]1C[C@@H]2O.COC(=O)Nc1nc2ccccc2[nH]1. The van der Waals surface area contributed by atoms with Crippen molar-refractivity contribution in [3.63, 3.8) is 0 Å². The fourth-order valence-corrected chi connectivity index (χ4v) is 11.3. The molecule has 0 spiro atoms. The normalized spacial score (nSPS) is 27.8. The van der Waals surface area contributed by atoms with Crippen LogP contribution in [0.3, 0.4) is 0 Å². The minimum atomic E-state index is -2.39. The number of rotatable bonds is 11. The molecule has 4 aromatic carbocycles. The maximum atomic E-state index is 15.5. The van der Waals surface area contributed by atoms with Crippen molar-refractivity contribution in [3.8, 4) is 0 Å². The predicted octanol–water partition coefficient (Wildman–Crippen LogP) is 5.48. The van der Waals surface area contributed by atoms with Crippen molar-refractivity contribution in [1.82, 2.24) is 15.3 Å². The molecule has 6 N–H and O–H groups in total. The Hall–Kier alpha value is -7.78. The van der Waals surface area contributed by atoms with Gasteiger partial charge in [-0.1, -0.05) is 92.7 Å². The average Bonchev–Trinajstić information content (AvgIpc) is 3.97. The molecular formula is C56H60N4O16. The minimum absolute atomic E-state index is 0.00289. The van der Waals surface area contributed by atoms with Crippen LogP contribution in [-0.2, 0) is 47.6 Å². The second-order valence-electron chi connectivity index (χ2n) is 20.1. The highest BCUT2D eigenvalue weighted by Crippen LogP contribution is 2.64. The van der Waals surface area contributed by atoms with Gasteiger partial charge in [-0.15, -0.1) is 0 Å². The number of anilines is 1. The molecule has 20 nitrogen and oxygen atoms in total. The third-order valence-corrected chi connectivity index (χ3v) is 15.3. The van der Waals surface area contributed by atoms with Gasteiger partial charge in [0.05, 0.1) is 53.8 Å². The number of Topliss-reactive ketones (excluding diaryl/α,β-unsaturated/α-hetero) is 1. The summed E-state index contributed by atoms with van der Waals surface area (Å²) in [6.45, 7) is 7.97. The number of hydrogen-bond acceptors (Lipinski definition) is 17. The lowest BCUT2D eigenvalue weighted by Gasteiger charge is -2.67. The van der Waals surface area contributed by atoms with Crippen molar-refractivity contribution in [2.45, 2.75) is 108 Å². The van der Waals surface area contributed by atoms with Gasteiger partial charge in [0, 0.05) is 37.7 Å². The molecule has 11 atom stereocenters. The van der Waals surface area contributed by atoms with E-state index in [9.17, 15) is 44.1 Å². The number of hydrogen-bond donors (Lipinski definition) is 6. The lowest BCUT2D eigenvalue weighted by molar-refractivity contribution is -0.346. The quantitative estimate of drug-likeness (QED) is 0.0543. The monoisotopic (exact) mass is 1040 g/mol. The number of para-hydroxylation sites is 2. The van der Waals surface area contributed by atoms with E-state index in [0.29, 0.717) is 11.5 Å². The fourth-order valence-electron chi connectivity index (χ4n) is 11.3. The molecule has 2 heterocycles. The van der Waals surface area contributed by atoms with E-state index < -0.39 is 119 Å². The molecule has 4 aliphatic rings. The molecule has 3 fully saturated rings. The summed E-state index contributed by atoms with van der Waals surface area (Å²) < 4.78 is 34.7. The number of carbonyl (C=O) groups excluding carboxylic acids is 7. The highest BCUT2D eigenvalue weighted by Gasteiger charge is 2.78. The maximum Gasteiger partial charge on any atom is 0.413 e. The summed E-state index contributed by atoms with van der Waals surface area (Å²) in [5.41, 5.74) is -5.34. The second-order valence-corrected chi connectivity index (χ2v) is 20.1. The molecule has 1 aromatic heterocycles. The number of aliphatic hydroxyl groups excluding tert-OH is 2. The number of aliphatic hydroxyl groups is 3. The first-order valence-corrected chi connectivity index (χ1v) is 24.6. The van der Waals surface area contributed by atoms with Crippen molar-refractivity contribution < 1.29 is 77.3 Å². The smallest absolute Gasteiger partial charge is 0.413 e.